The zero-order valence-electron chi connectivity index (χ0n) is 11.4. The van der Waals surface area contributed by atoms with Gasteiger partial charge in [-0.3, -0.25) is 4.79 Å². The Hall–Kier alpha value is -2.33. The highest BCUT2D eigenvalue weighted by Crippen LogP contribution is 2.34. The monoisotopic (exact) mass is 272 g/mol. The molecule has 0 bridgehead atoms. The standard InChI is InChI=1S/C16H16O4/c1-19-10-11-4-3-5-12(6-11)13-7-14(9-17)16(18)15(8-13)20-2/h3-9,18H,10H2,1-2H3. The van der Waals surface area contributed by atoms with E-state index >= 15 is 0 Å². The molecule has 20 heavy (non-hydrogen) atoms. The zero-order chi connectivity index (χ0) is 14.5. The molecule has 4 heteroatoms. The third-order valence-corrected chi connectivity index (χ3v) is 3.02. The first-order chi connectivity index (χ1) is 9.69. The Morgan fingerprint density at radius 2 is 1.95 bits per heavy atom. The summed E-state index contributed by atoms with van der Waals surface area (Å²) in [5.41, 5.74) is 2.97. The molecule has 104 valence electrons. The average molecular weight is 272 g/mol. The summed E-state index contributed by atoms with van der Waals surface area (Å²) in [6.45, 7) is 0.517. The molecule has 4 nitrogen and oxygen atoms in total. The maximum atomic E-state index is 11.0. The van der Waals surface area contributed by atoms with E-state index in [1.54, 1.807) is 19.2 Å². The van der Waals surface area contributed by atoms with Crippen LogP contribution in [0.2, 0.25) is 0 Å². The molecule has 0 saturated carbocycles. The Labute approximate surface area is 117 Å². The Bertz CT molecular complexity index is 620. The normalized spacial score (nSPS) is 10.3. The highest BCUT2D eigenvalue weighted by Gasteiger charge is 2.11. The Morgan fingerprint density at radius 1 is 1.15 bits per heavy atom. The van der Waals surface area contributed by atoms with Crippen molar-refractivity contribution in [1.82, 2.24) is 0 Å². The molecule has 0 spiro atoms. The topological polar surface area (TPSA) is 55.8 Å². The third kappa shape index (κ3) is 2.81. The van der Waals surface area contributed by atoms with E-state index in [9.17, 15) is 9.90 Å². The molecular weight excluding hydrogens is 256 g/mol. The van der Waals surface area contributed by atoms with Crippen LogP contribution in [-0.2, 0) is 11.3 Å². The minimum absolute atomic E-state index is 0.140. The van der Waals surface area contributed by atoms with E-state index in [-0.39, 0.29) is 17.1 Å². The van der Waals surface area contributed by atoms with Crippen LogP contribution >= 0.6 is 0 Å². The zero-order valence-corrected chi connectivity index (χ0v) is 11.4. The fraction of sp³-hybridized carbons (Fsp3) is 0.188. The number of rotatable bonds is 5. The number of phenolic OH excluding ortho intramolecular Hbond substituents is 1. The number of aldehydes is 1. The minimum atomic E-state index is -0.140. The predicted octanol–water partition coefficient (Wildman–Crippen LogP) is 3.03. The van der Waals surface area contributed by atoms with Gasteiger partial charge in [-0.15, -0.1) is 0 Å². The lowest BCUT2D eigenvalue weighted by Gasteiger charge is -2.10. The molecule has 0 aliphatic carbocycles. The molecule has 0 saturated heterocycles. The number of aromatic hydroxyl groups is 1. The molecule has 0 aliphatic rings. The van der Waals surface area contributed by atoms with Gasteiger partial charge in [0.05, 0.1) is 19.3 Å². The lowest BCUT2D eigenvalue weighted by atomic mass is 10.0. The van der Waals surface area contributed by atoms with Crippen LogP contribution in [0.5, 0.6) is 11.5 Å². The summed E-state index contributed by atoms with van der Waals surface area (Å²) in [5, 5.41) is 9.82. The van der Waals surface area contributed by atoms with E-state index in [1.165, 1.54) is 7.11 Å². The Balaban J connectivity index is 2.51. The van der Waals surface area contributed by atoms with Crippen molar-refractivity contribution in [3.63, 3.8) is 0 Å². The highest BCUT2D eigenvalue weighted by molar-refractivity contribution is 5.85. The summed E-state index contributed by atoms with van der Waals surface area (Å²) >= 11 is 0. The van der Waals surface area contributed by atoms with E-state index in [4.69, 9.17) is 9.47 Å². The smallest absolute Gasteiger partial charge is 0.168 e. The Morgan fingerprint density at radius 3 is 2.60 bits per heavy atom. The molecule has 2 aromatic carbocycles. The molecule has 0 aromatic heterocycles. The van der Waals surface area contributed by atoms with Gasteiger partial charge in [-0.2, -0.15) is 0 Å². The van der Waals surface area contributed by atoms with E-state index in [1.807, 2.05) is 24.3 Å². The van der Waals surface area contributed by atoms with Gasteiger partial charge in [-0.1, -0.05) is 18.2 Å². The first kappa shape index (κ1) is 14.1. The Kier molecular flexibility index (Phi) is 4.38. The second-order valence-corrected chi connectivity index (χ2v) is 4.37. The summed E-state index contributed by atoms with van der Waals surface area (Å²) in [4.78, 5) is 11.0. The van der Waals surface area contributed by atoms with Crippen molar-refractivity contribution >= 4 is 6.29 Å². The molecule has 0 amide bonds. The molecule has 2 aromatic rings. The SMILES string of the molecule is COCc1cccc(-c2cc(C=O)c(O)c(OC)c2)c1. The van der Waals surface area contributed by atoms with Crippen LogP contribution in [0.15, 0.2) is 36.4 Å². The van der Waals surface area contributed by atoms with E-state index in [0.717, 1.165) is 16.7 Å². The van der Waals surface area contributed by atoms with Crippen LogP contribution in [0.3, 0.4) is 0 Å². The number of hydrogen-bond acceptors (Lipinski definition) is 4. The lowest BCUT2D eigenvalue weighted by Crippen LogP contribution is -1.92. The second-order valence-electron chi connectivity index (χ2n) is 4.37. The van der Waals surface area contributed by atoms with Crippen molar-refractivity contribution in [1.29, 1.82) is 0 Å². The van der Waals surface area contributed by atoms with Gasteiger partial charge in [0.1, 0.15) is 0 Å². The summed E-state index contributed by atoms with van der Waals surface area (Å²) in [5.74, 6) is 0.140. The van der Waals surface area contributed by atoms with Gasteiger partial charge < -0.3 is 14.6 Å². The van der Waals surface area contributed by atoms with Crippen LogP contribution in [0.1, 0.15) is 15.9 Å². The van der Waals surface area contributed by atoms with Gasteiger partial charge in [-0.25, -0.2) is 0 Å². The third-order valence-electron chi connectivity index (χ3n) is 3.02. The van der Waals surface area contributed by atoms with Crippen LogP contribution in [0.25, 0.3) is 11.1 Å². The molecule has 0 unspecified atom stereocenters. The molecule has 0 atom stereocenters. The number of ether oxygens (including phenoxy) is 2. The second kappa shape index (κ2) is 6.21. The maximum Gasteiger partial charge on any atom is 0.168 e. The predicted molar refractivity (Wildman–Crippen MR) is 76.2 cm³/mol. The molecule has 0 fully saturated rings. The molecule has 2 rings (SSSR count). The van der Waals surface area contributed by atoms with Crippen molar-refractivity contribution in [2.24, 2.45) is 0 Å². The number of benzene rings is 2. The fourth-order valence-electron chi connectivity index (χ4n) is 2.05. The summed E-state index contributed by atoms with van der Waals surface area (Å²) in [6.07, 6.45) is 0.611. The van der Waals surface area contributed by atoms with Gasteiger partial charge in [-0.05, 0) is 34.9 Å². The number of methoxy groups -OCH3 is 2. The number of carbonyl (C=O) groups excluding carboxylic acids is 1. The van der Waals surface area contributed by atoms with Gasteiger partial charge in [0.2, 0.25) is 0 Å². The van der Waals surface area contributed by atoms with E-state index in [0.29, 0.717) is 12.9 Å². The maximum absolute atomic E-state index is 11.0. The van der Waals surface area contributed by atoms with Crippen LogP contribution in [0, 0.1) is 0 Å². The lowest BCUT2D eigenvalue weighted by molar-refractivity contribution is 0.112. The van der Waals surface area contributed by atoms with Crippen molar-refractivity contribution in [2.45, 2.75) is 6.61 Å². The average Bonchev–Trinajstić information content (AvgIpc) is 2.48. The quantitative estimate of drug-likeness (QED) is 0.850. The summed E-state index contributed by atoms with van der Waals surface area (Å²) in [6, 6.07) is 11.1. The van der Waals surface area contributed by atoms with Crippen molar-refractivity contribution < 1.29 is 19.4 Å². The van der Waals surface area contributed by atoms with Gasteiger partial charge in [0.25, 0.3) is 0 Å². The van der Waals surface area contributed by atoms with Crippen LogP contribution in [0.4, 0.5) is 0 Å². The largest absolute Gasteiger partial charge is 0.504 e. The molecule has 0 heterocycles. The molecular formula is C16H16O4. The van der Waals surface area contributed by atoms with Crippen LogP contribution in [-0.4, -0.2) is 25.6 Å². The van der Waals surface area contributed by atoms with E-state index in [2.05, 4.69) is 0 Å². The number of carbonyl (C=O) groups is 1. The van der Waals surface area contributed by atoms with Crippen molar-refractivity contribution in [2.75, 3.05) is 14.2 Å². The van der Waals surface area contributed by atoms with Crippen molar-refractivity contribution in [3.05, 3.63) is 47.5 Å². The minimum Gasteiger partial charge on any atom is -0.504 e. The number of phenols is 1. The van der Waals surface area contributed by atoms with Crippen LogP contribution < -0.4 is 4.74 Å². The number of hydrogen-bond donors (Lipinski definition) is 1. The molecule has 0 radical (unpaired) electrons. The van der Waals surface area contributed by atoms with Gasteiger partial charge in [0, 0.05) is 7.11 Å². The molecule has 0 aliphatic heterocycles. The van der Waals surface area contributed by atoms with Gasteiger partial charge in [0.15, 0.2) is 17.8 Å². The molecule has 1 N–H and O–H groups in total. The van der Waals surface area contributed by atoms with Crippen molar-refractivity contribution in [3.8, 4) is 22.6 Å². The first-order valence-electron chi connectivity index (χ1n) is 6.14. The fourth-order valence-corrected chi connectivity index (χ4v) is 2.05. The summed E-state index contributed by atoms with van der Waals surface area (Å²) in [7, 11) is 3.09. The summed E-state index contributed by atoms with van der Waals surface area (Å²) < 4.78 is 10.2. The highest BCUT2D eigenvalue weighted by atomic mass is 16.5. The first-order valence-corrected chi connectivity index (χ1v) is 6.14. The van der Waals surface area contributed by atoms with E-state index < -0.39 is 0 Å². The van der Waals surface area contributed by atoms with Gasteiger partial charge >= 0.3 is 0 Å².